The van der Waals surface area contributed by atoms with E-state index in [4.69, 9.17) is 9.84 Å². The van der Waals surface area contributed by atoms with Crippen molar-refractivity contribution in [2.45, 2.75) is 6.10 Å². The summed E-state index contributed by atoms with van der Waals surface area (Å²) in [5.41, 5.74) is 0. The van der Waals surface area contributed by atoms with Crippen molar-refractivity contribution in [2.24, 2.45) is 0 Å². The van der Waals surface area contributed by atoms with Gasteiger partial charge in [-0.1, -0.05) is 0 Å². The number of aliphatic hydroxyl groups is 1. The van der Waals surface area contributed by atoms with Crippen LogP contribution in [0, 0.1) is 0 Å². The molecule has 0 aliphatic carbocycles. The van der Waals surface area contributed by atoms with Crippen LogP contribution in [-0.4, -0.2) is 34.7 Å². The van der Waals surface area contributed by atoms with E-state index >= 15 is 0 Å². The summed E-state index contributed by atoms with van der Waals surface area (Å²) in [6.45, 7) is 0.0778. The predicted octanol–water partition coefficient (Wildman–Crippen LogP) is -0.592. The van der Waals surface area contributed by atoms with Gasteiger partial charge in [0.2, 0.25) is 0 Å². The molecule has 0 spiro atoms. The summed E-state index contributed by atoms with van der Waals surface area (Å²) in [5.74, 6) is 0. The van der Waals surface area contributed by atoms with Gasteiger partial charge in [-0.25, -0.2) is 0 Å². The Morgan fingerprint density at radius 1 is 1.78 bits per heavy atom. The molecule has 0 radical (unpaired) electrons. The molecule has 0 saturated heterocycles. The monoisotopic (exact) mass is 188 g/mol. The Hall–Kier alpha value is -0.202. The number of hydrogen-bond donors (Lipinski definition) is 1. The van der Waals surface area contributed by atoms with Crippen LogP contribution in [0.1, 0.15) is 0 Å². The molecule has 1 heterocycles. The molecule has 1 aliphatic heterocycles. The maximum absolute atomic E-state index is 8.67. The van der Waals surface area contributed by atoms with Crippen molar-refractivity contribution < 1.29 is 9.84 Å². The summed E-state index contributed by atoms with van der Waals surface area (Å²) in [7, 11) is 0. The van der Waals surface area contributed by atoms with E-state index in [1.54, 1.807) is 6.26 Å². The van der Waals surface area contributed by atoms with Crippen molar-refractivity contribution in [1.29, 1.82) is 0 Å². The van der Waals surface area contributed by atoms with Crippen LogP contribution in [0.3, 0.4) is 0 Å². The molecule has 1 N–H and O–H groups in total. The van der Waals surface area contributed by atoms with Crippen molar-refractivity contribution in [3.63, 3.8) is 0 Å². The van der Waals surface area contributed by atoms with Gasteiger partial charge in [0.25, 0.3) is 0 Å². The normalized spacial score (nSPS) is 25.1. The van der Waals surface area contributed by atoms with Crippen molar-refractivity contribution in [1.82, 2.24) is 0 Å². The maximum atomic E-state index is 8.67. The van der Waals surface area contributed by atoms with Crippen LogP contribution in [0.25, 0.3) is 0 Å². The van der Waals surface area contributed by atoms with E-state index in [0.29, 0.717) is 0 Å². The van der Waals surface area contributed by atoms with Crippen LogP contribution in [0.5, 0.6) is 0 Å². The summed E-state index contributed by atoms with van der Waals surface area (Å²) in [6.07, 6.45) is 5.31. The number of rotatable bonds is 1. The van der Waals surface area contributed by atoms with Crippen LogP contribution >= 0.6 is 0 Å². The van der Waals surface area contributed by atoms with Crippen molar-refractivity contribution >= 4 is 16.9 Å². The van der Waals surface area contributed by atoms with E-state index in [1.807, 2.05) is 12.2 Å². The molecule has 1 rings (SSSR count). The first-order valence-corrected chi connectivity index (χ1v) is 3.94. The van der Waals surface area contributed by atoms with Gasteiger partial charge >= 0.3 is 62.2 Å². The Morgan fingerprint density at radius 2 is 2.56 bits per heavy atom. The summed E-state index contributed by atoms with van der Waals surface area (Å²) in [4.78, 5) is 0. The van der Waals surface area contributed by atoms with Crippen LogP contribution in [0.2, 0.25) is 0 Å². The Labute approximate surface area is 62.7 Å². The minimum absolute atomic E-state index is 0.0778. The third-order valence-electron chi connectivity index (χ3n) is 1.15. The van der Waals surface area contributed by atoms with E-state index in [2.05, 4.69) is 0 Å². The molecule has 2 atom stereocenters. The Balaban J connectivity index is 2.59. The van der Waals surface area contributed by atoms with Crippen LogP contribution in [0.4, 0.5) is 0 Å². The van der Waals surface area contributed by atoms with E-state index in [-0.39, 0.29) is 12.7 Å². The second-order valence-electron chi connectivity index (χ2n) is 1.80. The molecule has 0 aromatic rings. The van der Waals surface area contributed by atoms with Crippen molar-refractivity contribution in [3.05, 3.63) is 22.8 Å². The topological polar surface area (TPSA) is 29.5 Å². The molecule has 0 aromatic heterocycles. The van der Waals surface area contributed by atoms with Gasteiger partial charge in [0.05, 0.1) is 0 Å². The van der Waals surface area contributed by atoms with E-state index in [1.165, 1.54) is 16.9 Å². The van der Waals surface area contributed by atoms with Crippen LogP contribution in [-0.2, 0) is 4.74 Å². The molecular formula is C6H9AsO2. The standard InChI is InChI=1S/C6H9AsO2/c7-5-2-1-3-9-6(5)4-8/h1-3,6,8H,4,7H2. The van der Waals surface area contributed by atoms with Gasteiger partial charge in [-0.05, 0) is 0 Å². The molecule has 0 amide bonds. The van der Waals surface area contributed by atoms with E-state index in [9.17, 15) is 0 Å². The zero-order chi connectivity index (χ0) is 6.69. The third-order valence-corrected chi connectivity index (χ3v) is 2.33. The Morgan fingerprint density at radius 3 is 3.00 bits per heavy atom. The fourth-order valence-corrected chi connectivity index (χ4v) is 1.24. The van der Waals surface area contributed by atoms with Gasteiger partial charge in [0, 0.05) is 0 Å². The number of hydrogen-bond acceptors (Lipinski definition) is 2. The van der Waals surface area contributed by atoms with Crippen molar-refractivity contribution in [3.8, 4) is 0 Å². The van der Waals surface area contributed by atoms with Crippen LogP contribution in [0.15, 0.2) is 22.8 Å². The SMILES string of the molecule is OCC1OC=CC=C1[AsH2]. The summed E-state index contributed by atoms with van der Waals surface area (Å²) in [6, 6.07) is 0. The van der Waals surface area contributed by atoms with Gasteiger partial charge in [-0.15, -0.1) is 0 Å². The number of ether oxygens (including phenoxy) is 1. The molecule has 1 aliphatic rings. The van der Waals surface area contributed by atoms with Crippen molar-refractivity contribution in [2.75, 3.05) is 6.61 Å². The molecule has 50 valence electrons. The molecular weight excluding hydrogens is 179 g/mol. The predicted molar refractivity (Wildman–Crippen MR) is 37.7 cm³/mol. The van der Waals surface area contributed by atoms with Gasteiger partial charge in [0.1, 0.15) is 0 Å². The first kappa shape index (κ1) is 6.91. The van der Waals surface area contributed by atoms with Crippen LogP contribution < -0.4 is 0 Å². The molecule has 3 heteroatoms. The van der Waals surface area contributed by atoms with E-state index in [0.717, 1.165) is 4.36 Å². The molecule has 2 nitrogen and oxygen atoms in total. The third kappa shape index (κ3) is 1.60. The average Bonchev–Trinajstić information content (AvgIpc) is 1.89. The second kappa shape index (κ2) is 3.09. The summed E-state index contributed by atoms with van der Waals surface area (Å²) >= 11 is 1.50. The fourth-order valence-electron chi connectivity index (χ4n) is 0.625. The first-order chi connectivity index (χ1) is 4.34. The van der Waals surface area contributed by atoms with Gasteiger partial charge in [0.15, 0.2) is 0 Å². The Bertz CT molecular complexity index is 151. The zero-order valence-corrected chi connectivity index (χ0v) is 7.37. The van der Waals surface area contributed by atoms with Gasteiger partial charge in [-0.2, -0.15) is 0 Å². The molecule has 2 unspecified atom stereocenters. The molecule has 0 aromatic carbocycles. The quantitative estimate of drug-likeness (QED) is 0.557. The molecule has 9 heavy (non-hydrogen) atoms. The summed E-state index contributed by atoms with van der Waals surface area (Å²) < 4.78 is 6.19. The second-order valence-corrected chi connectivity index (χ2v) is 3.20. The van der Waals surface area contributed by atoms with E-state index < -0.39 is 0 Å². The number of aliphatic hydroxyl groups excluding tert-OH is 1. The summed E-state index contributed by atoms with van der Waals surface area (Å²) in [5, 5.41) is 8.67. The first-order valence-electron chi connectivity index (χ1n) is 2.73. The molecule has 0 fully saturated rings. The molecule has 0 bridgehead atoms. The fraction of sp³-hybridized carbons (Fsp3) is 0.333. The Kier molecular flexibility index (Phi) is 2.37. The minimum atomic E-state index is -0.0880. The number of allylic oxidation sites excluding steroid dienone is 2. The molecule has 0 saturated carbocycles. The van der Waals surface area contributed by atoms with Gasteiger partial charge < -0.3 is 0 Å². The zero-order valence-electron chi connectivity index (χ0n) is 4.95. The van der Waals surface area contributed by atoms with Gasteiger partial charge in [-0.3, -0.25) is 0 Å². The average molecular weight is 188 g/mol.